The number of hydrogen-bond acceptors (Lipinski definition) is 4. The van der Waals surface area contributed by atoms with Crippen LogP contribution in [0.1, 0.15) is 18.4 Å². The third-order valence-electron chi connectivity index (χ3n) is 4.52. The predicted molar refractivity (Wildman–Crippen MR) is 108 cm³/mol. The fraction of sp³-hybridized carbons (Fsp3) is 0.250. The van der Waals surface area contributed by atoms with Crippen LogP contribution in [0.25, 0.3) is 11.3 Å². The van der Waals surface area contributed by atoms with Gasteiger partial charge in [-0.15, -0.1) is 0 Å². The Labute approximate surface area is 160 Å². The van der Waals surface area contributed by atoms with Gasteiger partial charge in [-0.1, -0.05) is 37.3 Å². The first-order valence-electron chi connectivity index (χ1n) is 8.75. The second-order valence-electron chi connectivity index (χ2n) is 6.53. The average Bonchev–Trinajstić information content (AvgIpc) is 3.12. The molecule has 3 aromatic rings. The summed E-state index contributed by atoms with van der Waals surface area (Å²) in [6, 6.07) is 15.3. The lowest BCUT2D eigenvalue weighted by atomic mass is 10.0. The number of anilines is 1. The Hall–Kier alpha value is -2.64. The molecule has 0 unspecified atom stereocenters. The highest BCUT2D eigenvalue weighted by atomic mass is 32.2. The molecule has 0 saturated carbocycles. The topological polar surface area (TPSA) is 76.0 Å². The van der Waals surface area contributed by atoms with Crippen molar-refractivity contribution in [3.05, 3.63) is 66.6 Å². The van der Waals surface area contributed by atoms with E-state index >= 15 is 0 Å². The molecule has 27 heavy (non-hydrogen) atoms. The first-order chi connectivity index (χ1) is 12.9. The molecule has 0 aliphatic heterocycles. The number of benzene rings is 2. The minimum absolute atomic E-state index is 0.215. The summed E-state index contributed by atoms with van der Waals surface area (Å²) in [6.07, 6.45) is 3.57. The highest BCUT2D eigenvalue weighted by Crippen LogP contribution is 2.30. The average molecular weight is 385 g/mol. The minimum Gasteiger partial charge on any atom is -0.384 e. The standard InChI is InChI=1S/C20H24N4O2S/c1-15(16-7-5-4-6-8-16)12-22-19-10-9-17(27(25,26)21-2)11-18(19)20-13-24(3)14-23-20/h4-11,13-15,21-22H,12H2,1-3H3/t15-/m1/s1. The Kier molecular flexibility index (Phi) is 5.62. The largest absolute Gasteiger partial charge is 0.384 e. The van der Waals surface area contributed by atoms with E-state index in [1.54, 1.807) is 24.5 Å². The second kappa shape index (κ2) is 7.94. The van der Waals surface area contributed by atoms with Gasteiger partial charge >= 0.3 is 0 Å². The van der Waals surface area contributed by atoms with Crippen LogP contribution in [0.5, 0.6) is 0 Å². The van der Waals surface area contributed by atoms with Crippen LogP contribution < -0.4 is 10.0 Å². The number of aromatic nitrogens is 2. The van der Waals surface area contributed by atoms with E-state index in [1.165, 1.54) is 12.6 Å². The van der Waals surface area contributed by atoms with Crippen molar-refractivity contribution in [1.82, 2.24) is 14.3 Å². The van der Waals surface area contributed by atoms with Crippen LogP contribution in [0.4, 0.5) is 5.69 Å². The zero-order valence-electron chi connectivity index (χ0n) is 15.7. The van der Waals surface area contributed by atoms with Crippen molar-refractivity contribution in [3.8, 4) is 11.3 Å². The van der Waals surface area contributed by atoms with Gasteiger partial charge in [0, 0.05) is 31.0 Å². The lowest BCUT2D eigenvalue weighted by molar-refractivity contribution is 0.588. The number of hydrogen-bond donors (Lipinski definition) is 2. The second-order valence-corrected chi connectivity index (χ2v) is 8.42. The van der Waals surface area contributed by atoms with Gasteiger partial charge in [0.15, 0.2) is 0 Å². The van der Waals surface area contributed by atoms with E-state index in [9.17, 15) is 8.42 Å². The monoisotopic (exact) mass is 384 g/mol. The molecular weight excluding hydrogens is 360 g/mol. The van der Waals surface area contributed by atoms with E-state index in [1.807, 2.05) is 36.0 Å². The van der Waals surface area contributed by atoms with Crippen LogP contribution in [-0.2, 0) is 17.1 Å². The molecule has 0 aliphatic carbocycles. The maximum Gasteiger partial charge on any atom is 0.240 e. The third-order valence-corrected chi connectivity index (χ3v) is 5.93. The van der Waals surface area contributed by atoms with Gasteiger partial charge in [0.2, 0.25) is 10.0 Å². The smallest absolute Gasteiger partial charge is 0.240 e. The van der Waals surface area contributed by atoms with Crippen LogP contribution in [0.3, 0.4) is 0 Å². The van der Waals surface area contributed by atoms with E-state index in [0.29, 0.717) is 5.92 Å². The molecule has 1 heterocycles. The SMILES string of the molecule is CNS(=O)(=O)c1ccc(NC[C@@H](C)c2ccccc2)c(-c2cn(C)cn2)c1. The molecule has 0 radical (unpaired) electrons. The molecule has 0 bridgehead atoms. The Morgan fingerprint density at radius 2 is 1.89 bits per heavy atom. The van der Waals surface area contributed by atoms with Gasteiger partial charge in [-0.05, 0) is 36.7 Å². The van der Waals surface area contributed by atoms with E-state index in [4.69, 9.17) is 0 Å². The Balaban J connectivity index is 1.92. The lowest BCUT2D eigenvalue weighted by Crippen LogP contribution is -2.19. The van der Waals surface area contributed by atoms with Crippen molar-refractivity contribution in [1.29, 1.82) is 0 Å². The van der Waals surface area contributed by atoms with Crippen LogP contribution >= 0.6 is 0 Å². The van der Waals surface area contributed by atoms with E-state index < -0.39 is 10.0 Å². The third kappa shape index (κ3) is 4.37. The van der Waals surface area contributed by atoms with E-state index in [2.05, 4.69) is 34.1 Å². The zero-order valence-corrected chi connectivity index (χ0v) is 16.5. The van der Waals surface area contributed by atoms with Gasteiger partial charge < -0.3 is 9.88 Å². The number of rotatable bonds is 7. The number of nitrogens with zero attached hydrogens (tertiary/aromatic N) is 2. The summed E-state index contributed by atoms with van der Waals surface area (Å²) >= 11 is 0. The van der Waals surface area contributed by atoms with Crippen LogP contribution in [0.15, 0.2) is 66.0 Å². The number of nitrogens with one attached hydrogen (secondary N) is 2. The highest BCUT2D eigenvalue weighted by Gasteiger charge is 2.17. The summed E-state index contributed by atoms with van der Waals surface area (Å²) in [5.74, 6) is 0.309. The van der Waals surface area contributed by atoms with Crippen LogP contribution in [0, 0.1) is 0 Å². The maximum atomic E-state index is 12.2. The van der Waals surface area contributed by atoms with Crippen molar-refractivity contribution in [2.24, 2.45) is 7.05 Å². The van der Waals surface area contributed by atoms with Crippen LogP contribution in [0.2, 0.25) is 0 Å². The molecule has 0 fully saturated rings. The van der Waals surface area contributed by atoms with Gasteiger partial charge in [0.1, 0.15) is 0 Å². The van der Waals surface area contributed by atoms with Crippen molar-refractivity contribution >= 4 is 15.7 Å². The quantitative estimate of drug-likeness (QED) is 0.656. The summed E-state index contributed by atoms with van der Waals surface area (Å²) < 4.78 is 28.6. The summed E-state index contributed by atoms with van der Waals surface area (Å²) in [5.41, 5.74) is 3.58. The van der Waals surface area contributed by atoms with Crippen molar-refractivity contribution in [2.75, 3.05) is 18.9 Å². The molecule has 7 heteroatoms. The molecule has 0 aliphatic rings. The molecule has 0 spiro atoms. The summed E-state index contributed by atoms with van der Waals surface area (Å²) in [4.78, 5) is 4.60. The molecular formula is C20H24N4O2S. The number of sulfonamides is 1. The summed E-state index contributed by atoms with van der Waals surface area (Å²) in [5, 5.41) is 3.45. The Morgan fingerprint density at radius 1 is 1.15 bits per heavy atom. The van der Waals surface area contributed by atoms with Crippen molar-refractivity contribution in [3.63, 3.8) is 0 Å². The molecule has 2 N–H and O–H groups in total. The Morgan fingerprint density at radius 3 is 2.52 bits per heavy atom. The van der Waals surface area contributed by atoms with Gasteiger partial charge in [-0.2, -0.15) is 0 Å². The summed E-state index contributed by atoms with van der Waals surface area (Å²) in [6.45, 7) is 2.88. The Bertz CT molecular complexity index is 1010. The molecule has 1 atom stereocenters. The summed E-state index contributed by atoms with van der Waals surface area (Å²) in [7, 11) is -0.235. The van der Waals surface area contributed by atoms with Gasteiger partial charge in [0.25, 0.3) is 0 Å². The van der Waals surface area contributed by atoms with Gasteiger partial charge in [0.05, 0.1) is 16.9 Å². The molecule has 0 amide bonds. The molecule has 2 aromatic carbocycles. The van der Waals surface area contributed by atoms with E-state index in [-0.39, 0.29) is 4.90 Å². The molecule has 1 aromatic heterocycles. The van der Waals surface area contributed by atoms with Crippen molar-refractivity contribution in [2.45, 2.75) is 17.7 Å². The normalized spacial score (nSPS) is 12.7. The van der Waals surface area contributed by atoms with Gasteiger partial charge in [-0.25, -0.2) is 18.1 Å². The fourth-order valence-corrected chi connectivity index (χ4v) is 3.64. The fourth-order valence-electron chi connectivity index (χ4n) is 2.89. The molecule has 142 valence electrons. The number of imidazole rings is 1. The predicted octanol–water partition coefficient (Wildman–Crippen LogP) is 3.21. The van der Waals surface area contributed by atoms with Crippen LogP contribution in [-0.4, -0.2) is 31.6 Å². The maximum absolute atomic E-state index is 12.2. The highest BCUT2D eigenvalue weighted by molar-refractivity contribution is 7.89. The van der Waals surface area contributed by atoms with Gasteiger partial charge in [-0.3, -0.25) is 0 Å². The molecule has 6 nitrogen and oxygen atoms in total. The number of aryl methyl sites for hydroxylation is 1. The lowest BCUT2D eigenvalue weighted by Gasteiger charge is -2.17. The first kappa shape index (κ1) is 19.1. The van der Waals surface area contributed by atoms with E-state index in [0.717, 1.165) is 23.5 Å². The zero-order chi connectivity index (χ0) is 19.4. The van der Waals surface area contributed by atoms with Crippen molar-refractivity contribution < 1.29 is 8.42 Å². The minimum atomic E-state index is -3.53. The molecule has 3 rings (SSSR count). The first-order valence-corrected chi connectivity index (χ1v) is 10.2. The molecule has 0 saturated heterocycles.